The maximum Gasteiger partial charge on any atom is 0.0504 e. The molecule has 1 aliphatic rings. The SMILES string of the molecule is Cc1cc(NCC2(CO)CCCCC2)ccn1. The van der Waals surface area contributed by atoms with Gasteiger partial charge in [-0.2, -0.15) is 0 Å². The van der Waals surface area contributed by atoms with Gasteiger partial charge >= 0.3 is 0 Å². The Kier molecular flexibility index (Phi) is 4.00. The minimum atomic E-state index is 0.0927. The van der Waals surface area contributed by atoms with Crippen LogP contribution in [0.15, 0.2) is 18.3 Å². The van der Waals surface area contributed by atoms with Gasteiger partial charge in [-0.1, -0.05) is 19.3 Å². The van der Waals surface area contributed by atoms with Gasteiger partial charge in [-0.3, -0.25) is 4.98 Å². The Balaban J connectivity index is 1.95. The van der Waals surface area contributed by atoms with E-state index in [0.717, 1.165) is 30.8 Å². The van der Waals surface area contributed by atoms with Gasteiger partial charge in [0.1, 0.15) is 0 Å². The van der Waals surface area contributed by atoms with Gasteiger partial charge in [-0.05, 0) is 31.9 Å². The molecule has 0 bridgehead atoms. The third-order valence-corrected chi connectivity index (χ3v) is 3.81. The Morgan fingerprint density at radius 3 is 2.76 bits per heavy atom. The van der Waals surface area contributed by atoms with Crippen LogP contribution in [-0.4, -0.2) is 23.2 Å². The summed E-state index contributed by atoms with van der Waals surface area (Å²) >= 11 is 0. The smallest absolute Gasteiger partial charge is 0.0504 e. The van der Waals surface area contributed by atoms with Crippen molar-refractivity contribution in [2.24, 2.45) is 5.41 Å². The van der Waals surface area contributed by atoms with Crippen LogP contribution >= 0.6 is 0 Å². The van der Waals surface area contributed by atoms with Crippen LogP contribution in [0.4, 0.5) is 5.69 Å². The Labute approximate surface area is 103 Å². The molecule has 0 atom stereocenters. The monoisotopic (exact) mass is 234 g/mol. The largest absolute Gasteiger partial charge is 0.396 e. The Bertz CT molecular complexity index is 359. The van der Waals surface area contributed by atoms with Gasteiger partial charge in [0.2, 0.25) is 0 Å². The molecular formula is C14H22N2O. The fraction of sp³-hybridized carbons (Fsp3) is 0.643. The molecule has 0 saturated heterocycles. The number of aliphatic hydroxyl groups is 1. The predicted octanol–water partition coefficient (Wildman–Crippen LogP) is 2.74. The molecule has 3 heteroatoms. The van der Waals surface area contributed by atoms with Crippen LogP contribution in [-0.2, 0) is 0 Å². The number of hydrogen-bond acceptors (Lipinski definition) is 3. The van der Waals surface area contributed by atoms with Gasteiger partial charge in [0.05, 0.1) is 6.61 Å². The van der Waals surface area contributed by atoms with Crippen molar-refractivity contribution in [2.45, 2.75) is 39.0 Å². The molecule has 0 spiro atoms. The van der Waals surface area contributed by atoms with Crippen LogP contribution in [0.2, 0.25) is 0 Å². The summed E-state index contributed by atoms with van der Waals surface area (Å²) in [5, 5.41) is 13.1. The highest BCUT2D eigenvalue weighted by Crippen LogP contribution is 2.35. The van der Waals surface area contributed by atoms with Crippen LogP contribution in [0.1, 0.15) is 37.8 Å². The second kappa shape index (κ2) is 5.50. The first-order chi connectivity index (χ1) is 8.24. The molecule has 0 amide bonds. The fourth-order valence-electron chi connectivity index (χ4n) is 2.64. The fourth-order valence-corrected chi connectivity index (χ4v) is 2.64. The zero-order chi connectivity index (χ0) is 12.1. The lowest BCUT2D eigenvalue weighted by molar-refractivity contribution is 0.0944. The number of nitrogens with zero attached hydrogens (tertiary/aromatic N) is 1. The number of aromatic nitrogens is 1. The molecule has 0 radical (unpaired) electrons. The van der Waals surface area contributed by atoms with Crippen molar-refractivity contribution in [3.63, 3.8) is 0 Å². The summed E-state index contributed by atoms with van der Waals surface area (Å²) in [5.74, 6) is 0. The predicted molar refractivity (Wildman–Crippen MR) is 70.1 cm³/mol. The molecule has 2 N–H and O–H groups in total. The minimum Gasteiger partial charge on any atom is -0.396 e. The molecule has 1 saturated carbocycles. The van der Waals surface area contributed by atoms with Gasteiger partial charge in [-0.25, -0.2) is 0 Å². The highest BCUT2D eigenvalue weighted by Gasteiger charge is 2.30. The molecule has 0 aromatic carbocycles. The lowest BCUT2D eigenvalue weighted by Crippen LogP contribution is -2.35. The second-order valence-corrected chi connectivity index (χ2v) is 5.26. The second-order valence-electron chi connectivity index (χ2n) is 5.26. The number of anilines is 1. The summed E-state index contributed by atoms with van der Waals surface area (Å²) in [5.41, 5.74) is 2.22. The summed E-state index contributed by atoms with van der Waals surface area (Å²) < 4.78 is 0. The quantitative estimate of drug-likeness (QED) is 0.842. The minimum absolute atomic E-state index is 0.0927. The van der Waals surface area contributed by atoms with E-state index in [1.165, 1.54) is 19.3 Å². The normalized spacial score (nSPS) is 18.9. The first-order valence-corrected chi connectivity index (χ1v) is 6.52. The van der Waals surface area contributed by atoms with Gasteiger partial charge < -0.3 is 10.4 Å². The van der Waals surface area contributed by atoms with Crippen LogP contribution < -0.4 is 5.32 Å². The third-order valence-electron chi connectivity index (χ3n) is 3.81. The first kappa shape index (κ1) is 12.4. The van der Waals surface area contributed by atoms with E-state index in [1.807, 2.05) is 25.3 Å². The van der Waals surface area contributed by atoms with E-state index in [0.29, 0.717) is 6.61 Å². The third kappa shape index (κ3) is 3.19. The summed E-state index contributed by atoms with van der Waals surface area (Å²) in [6.45, 7) is 3.16. The molecule has 0 aliphatic heterocycles. The van der Waals surface area contributed by atoms with Crippen molar-refractivity contribution in [1.29, 1.82) is 0 Å². The summed E-state index contributed by atoms with van der Waals surface area (Å²) in [4.78, 5) is 4.18. The van der Waals surface area contributed by atoms with Crippen LogP contribution in [0.3, 0.4) is 0 Å². The average molecular weight is 234 g/mol. The van der Waals surface area contributed by atoms with Crippen molar-refractivity contribution < 1.29 is 5.11 Å². The van der Waals surface area contributed by atoms with E-state index >= 15 is 0 Å². The molecule has 3 nitrogen and oxygen atoms in total. The molecule has 2 rings (SSSR count). The number of rotatable bonds is 4. The van der Waals surface area contributed by atoms with Crippen molar-refractivity contribution >= 4 is 5.69 Å². The highest BCUT2D eigenvalue weighted by atomic mass is 16.3. The van der Waals surface area contributed by atoms with Crippen molar-refractivity contribution in [1.82, 2.24) is 4.98 Å². The molecule has 1 heterocycles. The van der Waals surface area contributed by atoms with Gasteiger partial charge in [0, 0.05) is 29.5 Å². The van der Waals surface area contributed by atoms with Gasteiger partial charge in [-0.15, -0.1) is 0 Å². The van der Waals surface area contributed by atoms with Gasteiger partial charge in [0.15, 0.2) is 0 Å². The maximum atomic E-state index is 9.62. The first-order valence-electron chi connectivity index (χ1n) is 6.52. The number of aliphatic hydroxyl groups excluding tert-OH is 1. The molecule has 1 aliphatic carbocycles. The molecule has 1 aromatic rings. The summed E-state index contributed by atoms with van der Waals surface area (Å²) in [7, 11) is 0. The van der Waals surface area contributed by atoms with Crippen LogP contribution in [0.5, 0.6) is 0 Å². The Morgan fingerprint density at radius 1 is 1.35 bits per heavy atom. The van der Waals surface area contributed by atoms with E-state index in [4.69, 9.17) is 0 Å². The summed E-state index contributed by atoms with van der Waals surface area (Å²) in [6, 6.07) is 4.04. The molecule has 0 unspecified atom stereocenters. The number of nitrogens with one attached hydrogen (secondary N) is 1. The Hall–Kier alpha value is -1.09. The zero-order valence-corrected chi connectivity index (χ0v) is 10.6. The number of pyridine rings is 1. The molecule has 94 valence electrons. The van der Waals surface area contributed by atoms with E-state index in [2.05, 4.69) is 10.3 Å². The lowest BCUT2D eigenvalue weighted by atomic mass is 9.74. The maximum absolute atomic E-state index is 9.62. The molecule has 17 heavy (non-hydrogen) atoms. The highest BCUT2D eigenvalue weighted by molar-refractivity contribution is 5.43. The van der Waals surface area contributed by atoms with E-state index in [-0.39, 0.29) is 5.41 Å². The van der Waals surface area contributed by atoms with Crippen molar-refractivity contribution in [3.8, 4) is 0 Å². The zero-order valence-electron chi connectivity index (χ0n) is 10.6. The Morgan fingerprint density at radius 2 is 2.12 bits per heavy atom. The average Bonchev–Trinajstić information content (AvgIpc) is 2.38. The number of hydrogen-bond donors (Lipinski definition) is 2. The number of aryl methyl sites for hydroxylation is 1. The van der Waals surface area contributed by atoms with E-state index < -0.39 is 0 Å². The lowest BCUT2D eigenvalue weighted by Gasteiger charge is -2.36. The van der Waals surface area contributed by atoms with Crippen molar-refractivity contribution in [3.05, 3.63) is 24.0 Å². The molecular weight excluding hydrogens is 212 g/mol. The molecule has 1 fully saturated rings. The van der Waals surface area contributed by atoms with Crippen LogP contribution in [0, 0.1) is 12.3 Å². The topological polar surface area (TPSA) is 45.1 Å². The standard InChI is InChI=1S/C14H22N2O/c1-12-9-13(5-8-15-12)16-10-14(11-17)6-3-2-4-7-14/h5,8-9,17H,2-4,6-7,10-11H2,1H3,(H,15,16). The van der Waals surface area contributed by atoms with E-state index in [1.54, 1.807) is 0 Å². The molecule has 1 aromatic heterocycles. The van der Waals surface area contributed by atoms with Crippen molar-refractivity contribution in [2.75, 3.05) is 18.5 Å². The van der Waals surface area contributed by atoms with E-state index in [9.17, 15) is 5.11 Å². The van der Waals surface area contributed by atoms with Crippen LogP contribution in [0.25, 0.3) is 0 Å². The summed E-state index contributed by atoms with van der Waals surface area (Å²) in [6.07, 6.45) is 7.91. The van der Waals surface area contributed by atoms with Gasteiger partial charge in [0.25, 0.3) is 0 Å².